The molecule has 4 heteroatoms. The lowest BCUT2D eigenvalue weighted by molar-refractivity contribution is 0.379. The lowest BCUT2D eigenvalue weighted by Gasteiger charge is -2.28. The van der Waals surface area contributed by atoms with E-state index in [1.165, 1.54) is 25.7 Å². The monoisotopic (exact) mass is 270 g/mol. The molecule has 0 aromatic carbocycles. The average Bonchev–Trinajstić information content (AvgIpc) is 2.38. The second kappa shape index (κ2) is 6.62. The normalized spacial score (nSPS) is 24.8. The van der Waals surface area contributed by atoms with Crippen molar-refractivity contribution in [2.75, 3.05) is 6.26 Å². The first-order valence-corrected chi connectivity index (χ1v) is 7.80. The van der Waals surface area contributed by atoms with Gasteiger partial charge in [-0.05, 0) is 43.6 Å². The number of rotatable bonds is 4. The minimum atomic E-state index is 0.655. The number of halogens is 1. The van der Waals surface area contributed by atoms with E-state index in [1.807, 2.05) is 17.8 Å². The smallest absolute Gasteiger partial charge is 0.0634 e. The van der Waals surface area contributed by atoms with Gasteiger partial charge < -0.3 is 5.32 Å². The lowest BCUT2D eigenvalue weighted by Crippen LogP contribution is -2.33. The first-order chi connectivity index (χ1) is 8.29. The standard InChI is InChI=1S/C13H19ClN2S/c1-17-12-4-2-11(3-5-12)16-8-10-6-7-15-9-13(10)14/h6-7,9,11-12,16H,2-5,8H2,1H3. The highest BCUT2D eigenvalue weighted by atomic mass is 35.5. The van der Waals surface area contributed by atoms with Crippen molar-refractivity contribution in [1.29, 1.82) is 0 Å². The van der Waals surface area contributed by atoms with Gasteiger partial charge in [0, 0.05) is 30.2 Å². The van der Waals surface area contributed by atoms with Crippen molar-refractivity contribution in [2.45, 2.75) is 43.5 Å². The Morgan fingerprint density at radius 1 is 1.41 bits per heavy atom. The topological polar surface area (TPSA) is 24.9 Å². The summed E-state index contributed by atoms with van der Waals surface area (Å²) in [5, 5.41) is 5.24. The molecule has 1 aromatic heterocycles. The Morgan fingerprint density at radius 2 is 2.18 bits per heavy atom. The van der Waals surface area contributed by atoms with Crippen molar-refractivity contribution in [1.82, 2.24) is 10.3 Å². The predicted molar refractivity (Wildman–Crippen MR) is 75.6 cm³/mol. The molecular formula is C13H19ClN2S. The van der Waals surface area contributed by atoms with Gasteiger partial charge in [-0.15, -0.1) is 0 Å². The minimum absolute atomic E-state index is 0.655. The molecule has 1 aromatic rings. The molecule has 0 radical (unpaired) electrons. The average molecular weight is 271 g/mol. The van der Waals surface area contributed by atoms with E-state index in [9.17, 15) is 0 Å². The van der Waals surface area contributed by atoms with Crippen LogP contribution in [0.2, 0.25) is 5.02 Å². The van der Waals surface area contributed by atoms with Crippen LogP contribution in [0.1, 0.15) is 31.2 Å². The fraction of sp³-hybridized carbons (Fsp3) is 0.615. The summed E-state index contributed by atoms with van der Waals surface area (Å²) in [6.45, 7) is 0.857. The Labute approximate surface area is 113 Å². The van der Waals surface area contributed by atoms with Crippen LogP contribution in [0, 0.1) is 0 Å². The third kappa shape index (κ3) is 3.87. The van der Waals surface area contributed by atoms with Crippen LogP contribution in [0.25, 0.3) is 0 Å². The summed E-state index contributed by atoms with van der Waals surface area (Å²) in [5.41, 5.74) is 1.15. The number of nitrogens with zero attached hydrogens (tertiary/aromatic N) is 1. The Kier molecular flexibility index (Phi) is 5.14. The second-order valence-electron chi connectivity index (χ2n) is 4.56. The summed E-state index contributed by atoms with van der Waals surface area (Å²) >= 11 is 8.09. The molecular weight excluding hydrogens is 252 g/mol. The van der Waals surface area contributed by atoms with Gasteiger partial charge in [-0.25, -0.2) is 0 Å². The highest BCUT2D eigenvalue weighted by molar-refractivity contribution is 7.99. The molecule has 0 atom stereocenters. The predicted octanol–water partition coefficient (Wildman–Crippen LogP) is 3.50. The lowest BCUT2D eigenvalue weighted by atomic mass is 9.95. The van der Waals surface area contributed by atoms with Gasteiger partial charge in [0.2, 0.25) is 0 Å². The van der Waals surface area contributed by atoms with Gasteiger partial charge in [0.15, 0.2) is 0 Å². The molecule has 1 aliphatic carbocycles. The number of aromatic nitrogens is 1. The van der Waals surface area contributed by atoms with Crippen molar-refractivity contribution in [2.24, 2.45) is 0 Å². The fourth-order valence-electron chi connectivity index (χ4n) is 2.30. The van der Waals surface area contributed by atoms with Crippen LogP contribution >= 0.6 is 23.4 Å². The van der Waals surface area contributed by atoms with Crippen LogP contribution in [0.4, 0.5) is 0 Å². The van der Waals surface area contributed by atoms with Gasteiger partial charge in [0.25, 0.3) is 0 Å². The van der Waals surface area contributed by atoms with E-state index >= 15 is 0 Å². The fourth-order valence-corrected chi connectivity index (χ4v) is 3.23. The molecule has 0 spiro atoms. The zero-order valence-corrected chi connectivity index (χ0v) is 11.7. The van der Waals surface area contributed by atoms with E-state index in [0.29, 0.717) is 6.04 Å². The molecule has 0 unspecified atom stereocenters. The van der Waals surface area contributed by atoms with Crippen molar-refractivity contribution >= 4 is 23.4 Å². The molecule has 2 rings (SSSR count). The van der Waals surface area contributed by atoms with Crippen LogP contribution in [0.15, 0.2) is 18.5 Å². The van der Waals surface area contributed by atoms with Crippen LogP contribution in [-0.2, 0) is 6.54 Å². The van der Waals surface area contributed by atoms with Crippen LogP contribution in [-0.4, -0.2) is 22.5 Å². The highest BCUT2D eigenvalue weighted by Crippen LogP contribution is 2.27. The van der Waals surface area contributed by atoms with Crippen molar-refractivity contribution in [3.8, 4) is 0 Å². The molecule has 1 fully saturated rings. The number of nitrogens with one attached hydrogen (secondary N) is 1. The van der Waals surface area contributed by atoms with E-state index in [1.54, 1.807) is 12.4 Å². The molecule has 1 aliphatic rings. The molecule has 0 bridgehead atoms. The van der Waals surface area contributed by atoms with Crippen LogP contribution in [0.3, 0.4) is 0 Å². The maximum atomic E-state index is 6.08. The zero-order chi connectivity index (χ0) is 12.1. The number of pyridine rings is 1. The third-order valence-corrected chi connectivity index (χ3v) is 4.92. The summed E-state index contributed by atoms with van der Waals surface area (Å²) < 4.78 is 0. The van der Waals surface area contributed by atoms with E-state index < -0.39 is 0 Å². The van der Waals surface area contributed by atoms with Gasteiger partial charge in [-0.2, -0.15) is 11.8 Å². The number of hydrogen-bond donors (Lipinski definition) is 1. The first kappa shape index (κ1) is 13.2. The van der Waals surface area contributed by atoms with Gasteiger partial charge in [0.1, 0.15) is 0 Å². The Balaban J connectivity index is 1.78. The summed E-state index contributed by atoms with van der Waals surface area (Å²) in [4.78, 5) is 4.00. The molecule has 0 aliphatic heterocycles. The van der Waals surface area contributed by atoms with E-state index in [2.05, 4.69) is 16.6 Å². The second-order valence-corrected chi connectivity index (χ2v) is 6.10. The summed E-state index contributed by atoms with van der Waals surface area (Å²) in [6.07, 6.45) is 11.0. The third-order valence-electron chi connectivity index (χ3n) is 3.45. The Hall–Kier alpha value is -0.250. The Bertz CT molecular complexity index is 351. The summed E-state index contributed by atoms with van der Waals surface area (Å²) in [5.74, 6) is 0. The van der Waals surface area contributed by atoms with Gasteiger partial charge in [0.05, 0.1) is 5.02 Å². The largest absolute Gasteiger partial charge is 0.310 e. The molecule has 0 saturated heterocycles. The first-order valence-electron chi connectivity index (χ1n) is 6.14. The highest BCUT2D eigenvalue weighted by Gasteiger charge is 2.19. The minimum Gasteiger partial charge on any atom is -0.310 e. The quantitative estimate of drug-likeness (QED) is 0.907. The maximum absolute atomic E-state index is 6.08. The molecule has 1 heterocycles. The summed E-state index contributed by atoms with van der Waals surface area (Å²) in [6, 6.07) is 2.64. The number of hydrogen-bond acceptors (Lipinski definition) is 3. The number of thioether (sulfide) groups is 1. The Morgan fingerprint density at radius 3 is 2.82 bits per heavy atom. The summed E-state index contributed by atoms with van der Waals surface area (Å²) in [7, 11) is 0. The van der Waals surface area contributed by atoms with E-state index in [0.717, 1.165) is 22.4 Å². The van der Waals surface area contributed by atoms with Crippen molar-refractivity contribution in [3.63, 3.8) is 0 Å². The van der Waals surface area contributed by atoms with Gasteiger partial charge in [-0.3, -0.25) is 4.98 Å². The van der Waals surface area contributed by atoms with Gasteiger partial charge in [-0.1, -0.05) is 11.6 Å². The molecule has 2 nitrogen and oxygen atoms in total. The molecule has 1 N–H and O–H groups in total. The van der Waals surface area contributed by atoms with Crippen molar-refractivity contribution in [3.05, 3.63) is 29.0 Å². The van der Waals surface area contributed by atoms with Crippen LogP contribution < -0.4 is 5.32 Å². The SMILES string of the molecule is CSC1CCC(NCc2ccncc2Cl)CC1. The molecule has 0 amide bonds. The van der Waals surface area contributed by atoms with E-state index in [4.69, 9.17) is 11.6 Å². The van der Waals surface area contributed by atoms with E-state index in [-0.39, 0.29) is 0 Å². The molecule has 17 heavy (non-hydrogen) atoms. The van der Waals surface area contributed by atoms with Gasteiger partial charge >= 0.3 is 0 Å². The van der Waals surface area contributed by atoms with Crippen molar-refractivity contribution < 1.29 is 0 Å². The van der Waals surface area contributed by atoms with Crippen LogP contribution in [0.5, 0.6) is 0 Å². The molecule has 1 saturated carbocycles. The maximum Gasteiger partial charge on any atom is 0.0634 e. The molecule has 94 valence electrons. The zero-order valence-electron chi connectivity index (χ0n) is 10.2.